The summed E-state index contributed by atoms with van der Waals surface area (Å²) >= 11 is 0. The van der Waals surface area contributed by atoms with Crippen LogP contribution in [-0.4, -0.2) is 69.2 Å². The van der Waals surface area contributed by atoms with Gasteiger partial charge in [0, 0.05) is 45.5 Å². The SMILES string of the molecule is COCCCCS(=O)(=O)N1CCN(C(=O)c2ccc(F)cc2)CC1. The van der Waals surface area contributed by atoms with Gasteiger partial charge in [-0.1, -0.05) is 0 Å². The fourth-order valence-electron chi connectivity index (χ4n) is 2.60. The summed E-state index contributed by atoms with van der Waals surface area (Å²) in [6, 6.07) is 5.37. The van der Waals surface area contributed by atoms with Crippen LogP contribution in [0.25, 0.3) is 0 Å². The molecule has 6 nitrogen and oxygen atoms in total. The summed E-state index contributed by atoms with van der Waals surface area (Å²) in [4.78, 5) is 13.9. The highest BCUT2D eigenvalue weighted by atomic mass is 32.2. The smallest absolute Gasteiger partial charge is 0.253 e. The van der Waals surface area contributed by atoms with E-state index in [4.69, 9.17) is 4.74 Å². The van der Waals surface area contributed by atoms with Crippen molar-refractivity contribution in [2.24, 2.45) is 0 Å². The highest BCUT2D eigenvalue weighted by molar-refractivity contribution is 7.89. The molecule has 1 aliphatic rings. The number of carbonyl (C=O) groups is 1. The Labute approximate surface area is 142 Å². The first-order chi connectivity index (χ1) is 11.4. The molecule has 0 bridgehead atoms. The molecule has 1 saturated heterocycles. The van der Waals surface area contributed by atoms with Crippen molar-refractivity contribution in [1.29, 1.82) is 0 Å². The van der Waals surface area contributed by atoms with Crippen molar-refractivity contribution in [3.8, 4) is 0 Å². The summed E-state index contributed by atoms with van der Waals surface area (Å²) in [7, 11) is -1.70. The van der Waals surface area contributed by atoms with Gasteiger partial charge in [0.1, 0.15) is 5.82 Å². The van der Waals surface area contributed by atoms with Crippen LogP contribution in [0.15, 0.2) is 24.3 Å². The van der Waals surface area contributed by atoms with Gasteiger partial charge in [-0.2, -0.15) is 4.31 Å². The van der Waals surface area contributed by atoms with Crippen LogP contribution in [0.5, 0.6) is 0 Å². The Morgan fingerprint density at radius 3 is 2.33 bits per heavy atom. The van der Waals surface area contributed by atoms with Gasteiger partial charge in [0.05, 0.1) is 5.75 Å². The van der Waals surface area contributed by atoms with Gasteiger partial charge < -0.3 is 9.64 Å². The first-order valence-electron chi connectivity index (χ1n) is 7.95. The van der Waals surface area contributed by atoms with Crippen molar-refractivity contribution < 1.29 is 22.3 Å². The lowest BCUT2D eigenvalue weighted by atomic mass is 10.2. The van der Waals surface area contributed by atoms with Gasteiger partial charge in [0.25, 0.3) is 5.91 Å². The second kappa shape index (κ2) is 8.55. The molecule has 0 atom stereocenters. The number of hydrogen-bond donors (Lipinski definition) is 0. The van der Waals surface area contributed by atoms with Crippen LogP contribution in [0.1, 0.15) is 23.2 Å². The van der Waals surface area contributed by atoms with E-state index in [1.165, 1.54) is 28.6 Å². The molecule has 1 aromatic rings. The fourth-order valence-corrected chi connectivity index (χ4v) is 4.15. The minimum absolute atomic E-state index is 0.0995. The minimum Gasteiger partial charge on any atom is -0.385 e. The summed E-state index contributed by atoms with van der Waals surface area (Å²) < 4.78 is 43.8. The molecule has 8 heteroatoms. The Kier molecular flexibility index (Phi) is 6.70. The van der Waals surface area contributed by atoms with Crippen LogP contribution in [0.3, 0.4) is 0 Å². The lowest BCUT2D eigenvalue weighted by Crippen LogP contribution is -2.51. The van der Waals surface area contributed by atoms with Gasteiger partial charge in [-0.05, 0) is 37.1 Å². The molecule has 1 amide bonds. The summed E-state index contributed by atoms with van der Waals surface area (Å²) in [5, 5.41) is 0. The zero-order valence-corrected chi connectivity index (χ0v) is 14.6. The number of methoxy groups -OCH3 is 1. The maximum absolute atomic E-state index is 12.9. The summed E-state index contributed by atoms with van der Waals surface area (Å²) in [6.45, 7) is 1.82. The highest BCUT2D eigenvalue weighted by Crippen LogP contribution is 2.13. The predicted molar refractivity (Wildman–Crippen MR) is 88.8 cm³/mol. The van der Waals surface area contributed by atoms with Crippen molar-refractivity contribution >= 4 is 15.9 Å². The lowest BCUT2D eigenvalue weighted by Gasteiger charge is -2.34. The number of piperazine rings is 1. The molecule has 134 valence electrons. The molecule has 1 aromatic carbocycles. The largest absolute Gasteiger partial charge is 0.385 e. The Balaban J connectivity index is 1.86. The molecule has 0 unspecified atom stereocenters. The van der Waals surface area contributed by atoms with Gasteiger partial charge in [-0.3, -0.25) is 4.79 Å². The third-order valence-electron chi connectivity index (χ3n) is 4.01. The number of amides is 1. The summed E-state index contributed by atoms with van der Waals surface area (Å²) in [5.74, 6) is -0.495. The zero-order valence-electron chi connectivity index (χ0n) is 13.8. The monoisotopic (exact) mass is 358 g/mol. The van der Waals surface area contributed by atoms with Crippen molar-refractivity contribution in [3.05, 3.63) is 35.6 Å². The van der Waals surface area contributed by atoms with Gasteiger partial charge in [0.15, 0.2) is 0 Å². The van der Waals surface area contributed by atoms with Crippen molar-refractivity contribution in [3.63, 3.8) is 0 Å². The van der Waals surface area contributed by atoms with E-state index in [1.54, 1.807) is 12.0 Å². The van der Waals surface area contributed by atoms with E-state index >= 15 is 0 Å². The maximum atomic E-state index is 12.9. The molecule has 1 aliphatic heterocycles. The number of benzene rings is 1. The van der Waals surface area contributed by atoms with Crippen molar-refractivity contribution in [1.82, 2.24) is 9.21 Å². The fraction of sp³-hybridized carbons (Fsp3) is 0.562. The number of hydrogen-bond acceptors (Lipinski definition) is 4. The van der Waals surface area contributed by atoms with Crippen LogP contribution >= 0.6 is 0 Å². The molecule has 0 spiro atoms. The number of halogens is 1. The van der Waals surface area contributed by atoms with E-state index in [9.17, 15) is 17.6 Å². The molecule has 24 heavy (non-hydrogen) atoms. The van der Waals surface area contributed by atoms with E-state index in [0.717, 1.165) is 0 Å². The molecule has 0 aromatic heterocycles. The van der Waals surface area contributed by atoms with Crippen LogP contribution in [0, 0.1) is 5.82 Å². The van der Waals surface area contributed by atoms with Gasteiger partial charge in [-0.15, -0.1) is 0 Å². The zero-order chi connectivity index (χ0) is 17.6. The lowest BCUT2D eigenvalue weighted by molar-refractivity contribution is 0.0698. The van der Waals surface area contributed by atoms with Crippen LogP contribution in [-0.2, 0) is 14.8 Å². The van der Waals surface area contributed by atoms with Crippen LogP contribution in [0.2, 0.25) is 0 Å². The van der Waals surface area contributed by atoms with Gasteiger partial charge in [-0.25, -0.2) is 12.8 Å². The number of carbonyl (C=O) groups excluding carboxylic acids is 1. The molecule has 0 saturated carbocycles. The second-order valence-electron chi connectivity index (χ2n) is 5.71. The standard InChI is InChI=1S/C16H23FN2O4S/c1-23-12-2-3-13-24(21,22)19-10-8-18(9-11-19)16(20)14-4-6-15(17)7-5-14/h4-7H,2-3,8-13H2,1H3. The summed E-state index contributed by atoms with van der Waals surface area (Å²) in [5.41, 5.74) is 0.410. The quantitative estimate of drug-likeness (QED) is 0.690. The normalized spacial score (nSPS) is 16.3. The van der Waals surface area contributed by atoms with Gasteiger partial charge in [0.2, 0.25) is 10.0 Å². The van der Waals surface area contributed by atoms with E-state index < -0.39 is 15.8 Å². The molecule has 1 fully saturated rings. The predicted octanol–water partition coefficient (Wildman–Crippen LogP) is 1.34. The highest BCUT2D eigenvalue weighted by Gasteiger charge is 2.28. The number of nitrogens with zero attached hydrogens (tertiary/aromatic N) is 2. The topological polar surface area (TPSA) is 66.9 Å². The molecular formula is C16H23FN2O4S. The summed E-state index contributed by atoms with van der Waals surface area (Å²) in [6.07, 6.45) is 1.27. The Hall–Kier alpha value is -1.51. The first-order valence-corrected chi connectivity index (χ1v) is 9.56. The molecule has 1 heterocycles. The first kappa shape index (κ1) is 18.8. The number of sulfonamides is 1. The third-order valence-corrected chi connectivity index (χ3v) is 5.97. The van der Waals surface area contributed by atoms with E-state index in [2.05, 4.69) is 0 Å². The van der Waals surface area contributed by atoms with E-state index in [1.807, 2.05) is 0 Å². The average Bonchev–Trinajstić information content (AvgIpc) is 2.59. The van der Waals surface area contributed by atoms with E-state index in [0.29, 0.717) is 51.2 Å². The Bertz CT molecular complexity index is 641. The Morgan fingerprint density at radius 2 is 1.75 bits per heavy atom. The molecular weight excluding hydrogens is 335 g/mol. The van der Waals surface area contributed by atoms with Gasteiger partial charge >= 0.3 is 0 Å². The van der Waals surface area contributed by atoms with Crippen LogP contribution in [0.4, 0.5) is 4.39 Å². The third kappa shape index (κ3) is 4.99. The number of unbranched alkanes of at least 4 members (excludes halogenated alkanes) is 1. The Morgan fingerprint density at radius 1 is 1.12 bits per heavy atom. The minimum atomic E-state index is -3.29. The van der Waals surface area contributed by atoms with E-state index in [-0.39, 0.29) is 11.7 Å². The van der Waals surface area contributed by atoms with Crippen molar-refractivity contribution in [2.75, 3.05) is 45.6 Å². The number of ether oxygens (including phenoxy) is 1. The maximum Gasteiger partial charge on any atom is 0.253 e. The second-order valence-corrected chi connectivity index (χ2v) is 7.80. The van der Waals surface area contributed by atoms with Crippen LogP contribution < -0.4 is 0 Å². The molecule has 0 aliphatic carbocycles. The number of rotatable bonds is 7. The molecule has 0 radical (unpaired) electrons. The average molecular weight is 358 g/mol. The van der Waals surface area contributed by atoms with Crippen molar-refractivity contribution in [2.45, 2.75) is 12.8 Å². The molecule has 0 N–H and O–H groups in total. The molecule has 2 rings (SSSR count).